The molecule has 4 rings (SSSR count). The highest BCUT2D eigenvalue weighted by molar-refractivity contribution is 5.67. The first-order chi connectivity index (χ1) is 16.5. The largest absolute Gasteiger partial charge is 0.482 e. The number of fused-ring (bicyclic) bond motifs is 2. The van der Waals surface area contributed by atoms with Gasteiger partial charge in [-0.2, -0.15) is 0 Å². The van der Waals surface area contributed by atoms with Crippen LogP contribution in [0.3, 0.4) is 0 Å². The molecule has 3 heterocycles. The Balaban J connectivity index is 1.79. The number of carbonyl (C=O) groups excluding carboxylic acids is 2. The molecule has 0 radical (unpaired) electrons. The number of ether oxygens (including phenoxy) is 3. The molecule has 0 bridgehead atoms. The molecule has 9 nitrogen and oxygen atoms in total. The van der Waals surface area contributed by atoms with Crippen molar-refractivity contribution in [1.29, 1.82) is 0 Å². The molecule has 1 aliphatic heterocycles. The van der Waals surface area contributed by atoms with E-state index in [1.54, 1.807) is 37.5 Å². The highest BCUT2D eigenvalue weighted by atomic mass is 16.6. The fourth-order valence-electron chi connectivity index (χ4n) is 5.51. The molecule has 0 unspecified atom stereocenters. The van der Waals surface area contributed by atoms with E-state index in [2.05, 4.69) is 4.98 Å². The molecule has 2 aromatic rings. The third-order valence-corrected chi connectivity index (χ3v) is 7.57. The van der Waals surface area contributed by atoms with Crippen molar-refractivity contribution in [2.75, 3.05) is 0 Å². The number of pyridine rings is 1. The van der Waals surface area contributed by atoms with Crippen LogP contribution in [0.4, 0.5) is 0 Å². The van der Waals surface area contributed by atoms with Gasteiger partial charge in [0.25, 0.3) is 0 Å². The van der Waals surface area contributed by atoms with Gasteiger partial charge in [0.1, 0.15) is 34.4 Å². The number of aliphatic hydroxyl groups is 1. The van der Waals surface area contributed by atoms with Gasteiger partial charge in [0, 0.05) is 49.7 Å². The smallest absolute Gasteiger partial charge is 0.345 e. The predicted octanol–water partition coefficient (Wildman–Crippen LogP) is 3.58. The van der Waals surface area contributed by atoms with E-state index in [0.717, 1.165) is 0 Å². The Bertz CT molecular complexity index is 1180. The van der Waals surface area contributed by atoms with Crippen molar-refractivity contribution < 1.29 is 33.3 Å². The summed E-state index contributed by atoms with van der Waals surface area (Å²) in [6, 6.07) is 5.02. The Morgan fingerprint density at radius 1 is 1.29 bits per heavy atom. The fourth-order valence-corrected chi connectivity index (χ4v) is 5.51. The van der Waals surface area contributed by atoms with Gasteiger partial charge in [-0.1, -0.05) is 6.92 Å². The molecule has 1 saturated carbocycles. The van der Waals surface area contributed by atoms with Crippen LogP contribution in [0.15, 0.2) is 39.8 Å². The predicted molar refractivity (Wildman–Crippen MR) is 124 cm³/mol. The van der Waals surface area contributed by atoms with Crippen LogP contribution >= 0.6 is 0 Å². The Labute approximate surface area is 203 Å². The van der Waals surface area contributed by atoms with E-state index < -0.39 is 46.9 Å². The molecular weight excluding hydrogens is 454 g/mol. The summed E-state index contributed by atoms with van der Waals surface area (Å²) in [5.41, 5.74) is -2.08. The first kappa shape index (κ1) is 24.9. The number of aliphatic hydroxyl groups excluding tert-OH is 1. The lowest BCUT2D eigenvalue weighted by atomic mass is 9.61. The maximum atomic E-state index is 13.0. The number of carbonyl (C=O) groups is 2. The average Bonchev–Trinajstić information content (AvgIpc) is 2.79. The third kappa shape index (κ3) is 4.45. The molecule has 1 N–H and O–H groups in total. The standard InChI is InChI=1S/C26H31NO8/c1-6-25(4,34-15(3)29)17-10-18-23(30)22-20(35-26(18,5)21(11-17)32-14(2)28)12-19(33-24(22)31)16-8-7-9-27-13-16/h7-9,12-13,17-18,21,23,30H,6,10-11H2,1-5H3/t17-,18+,21-,23+,25-,26-/m0/s1. The first-order valence-corrected chi connectivity index (χ1v) is 11.8. The summed E-state index contributed by atoms with van der Waals surface area (Å²) in [6.45, 7) is 8.20. The maximum absolute atomic E-state index is 13.0. The van der Waals surface area contributed by atoms with Crippen molar-refractivity contribution in [3.8, 4) is 17.1 Å². The SMILES string of the molecule is CC[C@](C)(OC(C)=O)[C@@H]1C[C@H](OC(C)=O)[C@@]2(C)Oc3cc(-c4cccnc4)oc(=O)c3[C@H](O)[C@H]2C1. The van der Waals surface area contributed by atoms with Gasteiger partial charge in [-0.15, -0.1) is 0 Å². The summed E-state index contributed by atoms with van der Waals surface area (Å²) < 4.78 is 23.3. The van der Waals surface area contributed by atoms with Gasteiger partial charge in [-0.25, -0.2) is 4.79 Å². The van der Waals surface area contributed by atoms with Crippen LogP contribution in [0.5, 0.6) is 5.75 Å². The number of hydrogen-bond donors (Lipinski definition) is 1. The van der Waals surface area contributed by atoms with Crippen molar-refractivity contribution in [1.82, 2.24) is 4.98 Å². The number of hydrogen-bond acceptors (Lipinski definition) is 9. The van der Waals surface area contributed by atoms with Gasteiger partial charge < -0.3 is 23.7 Å². The highest BCUT2D eigenvalue weighted by Gasteiger charge is 2.60. The van der Waals surface area contributed by atoms with Crippen molar-refractivity contribution >= 4 is 11.9 Å². The lowest BCUT2D eigenvalue weighted by molar-refractivity contribution is -0.209. The second-order valence-corrected chi connectivity index (χ2v) is 9.78. The fraction of sp³-hybridized carbons (Fsp3) is 0.538. The summed E-state index contributed by atoms with van der Waals surface area (Å²) in [5.74, 6) is -1.34. The minimum Gasteiger partial charge on any atom is -0.482 e. The Kier molecular flexibility index (Phi) is 6.48. The molecule has 35 heavy (non-hydrogen) atoms. The number of rotatable bonds is 5. The minimum atomic E-state index is -1.23. The van der Waals surface area contributed by atoms with Crippen LogP contribution in [-0.2, 0) is 19.1 Å². The molecule has 1 fully saturated rings. The van der Waals surface area contributed by atoms with Crippen molar-refractivity contribution in [2.45, 2.75) is 77.3 Å². The second kappa shape index (κ2) is 9.11. The molecule has 0 aromatic carbocycles. The topological polar surface area (TPSA) is 125 Å². The van der Waals surface area contributed by atoms with Crippen molar-refractivity contribution in [3.63, 3.8) is 0 Å². The molecular formula is C26H31NO8. The van der Waals surface area contributed by atoms with E-state index in [-0.39, 0.29) is 23.0 Å². The summed E-state index contributed by atoms with van der Waals surface area (Å²) in [4.78, 5) is 41.0. The number of aromatic nitrogens is 1. The first-order valence-electron chi connectivity index (χ1n) is 11.8. The van der Waals surface area contributed by atoms with Crippen LogP contribution in [0.1, 0.15) is 65.5 Å². The summed E-state index contributed by atoms with van der Waals surface area (Å²) in [7, 11) is 0. The lowest BCUT2D eigenvalue weighted by Crippen LogP contribution is -2.62. The molecule has 0 saturated heterocycles. The van der Waals surface area contributed by atoms with E-state index in [0.29, 0.717) is 24.8 Å². The number of nitrogens with zero attached hydrogens (tertiary/aromatic N) is 1. The zero-order valence-electron chi connectivity index (χ0n) is 20.6. The normalized spacial score (nSPS) is 29.1. The second-order valence-electron chi connectivity index (χ2n) is 9.78. The van der Waals surface area contributed by atoms with Crippen LogP contribution in [0, 0.1) is 11.8 Å². The van der Waals surface area contributed by atoms with Crippen LogP contribution in [-0.4, -0.2) is 39.3 Å². The van der Waals surface area contributed by atoms with Gasteiger partial charge in [-0.3, -0.25) is 14.6 Å². The molecule has 0 amide bonds. The van der Waals surface area contributed by atoms with Crippen LogP contribution in [0.25, 0.3) is 11.3 Å². The quantitative estimate of drug-likeness (QED) is 0.633. The minimum absolute atomic E-state index is 0.0213. The molecule has 0 spiro atoms. The van der Waals surface area contributed by atoms with Crippen molar-refractivity contribution in [2.24, 2.45) is 11.8 Å². The van der Waals surface area contributed by atoms with E-state index in [9.17, 15) is 19.5 Å². The molecule has 6 atom stereocenters. The summed E-state index contributed by atoms with van der Waals surface area (Å²) in [5, 5.41) is 11.5. The molecule has 1 aliphatic carbocycles. The average molecular weight is 486 g/mol. The molecule has 188 valence electrons. The monoisotopic (exact) mass is 485 g/mol. The van der Waals surface area contributed by atoms with Gasteiger partial charge in [-0.05, 0) is 45.2 Å². The Hall–Kier alpha value is -3.20. The Morgan fingerprint density at radius 2 is 2.03 bits per heavy atom. The highest BCUT2D eigenvalue weighted by Crippen LogP contribution is 2.54. The molecule has 2 aromatic heterocycles. The van der Waals surface area contributed by atoms with E-state index in [1.807, 2.05) is 13.8 Å². The van der Waals surface area contributed by atoms with Gasteiger partial charge >= 0.3 is 17.6 Å². The zero-order valence-corrected chi connectivity index (χ0v) is 20.6. The van der Waals surface area contributed by atoms with E-state index in [1.165, 1.54) is 13.8 Å². The zero-order chi connectivity index (χ0) is 25.5. The summed E-state index contributed by atoms with van der Waals surface area (Å²) in [6.07, 6.45) is 2.46. The number of esters is 2. The van der Waals surface area contributed by atoms with E-state index in [4.69, 9.17) is 18.6 Å². The van der Waals surface area contributed by atoms with Crippen LogP contribution in [0.2, 0.25) is 0 Å². The maximum Gasteiger partial charge on any atom is 0.345 e. The molecule has 2 aliphatic rings. The van der Waals surface area contributed by atoms with Gasteiger partial charge in [0.05, 0.1) is 6.10 Å². The van der Waals surface area contributed by atoms with Gasteiger partial charge in [0.15, 0.2) is 0 Å². The van der Waals surface area contributed by atoms with Crippen LogP contribution < -0.4 is 10.4 Å². The third-order valence-electron chi connectivity index (χ3n) is 7.57. The lowest BCUT2D eigenvalue weighted by Gasteiger charge is -2.54. The van der Waals surface area contributed by atoms with E-state index >= 15 is 0 Å². The van der Waals surface area contributed by atoms with Gasteiger partial charge in [0.2, 0.25) is 0 Å². The summed E-state index contributed by atoms with van der Waals surface area (Å²) >= 11 is 0. The Morgan fingerprint density at radius 3 is 2.63 bits per heavy atom. The molecule has 9 heteroatoms. The van der Waals surface area contributed by atoms with Crippen molar-refractivity contribution in [3.05, 3.63) is 46.6 Å².